The van der Waals surface area contributed by atoms with Crippen LogP contribution in [0.15, 0.2) is 54.7 Å². The molecule has 0 unspecified atom stereocenters. The summed E-state index contributed by atoms with van der Waals surface area (Å²) in [6.45, 7) is 2.11. The lowest BCUT2D eigenvalue weighted by molar-refractivity contribution is -0.130. The Kier molecular flexibility index (Phi) is 4.67. The second-order valence-electron chi connectivity index (χ2n) is 6.89. The number of carbonyl (C=O) groups excluding carboxylic acids is 2. The molecule has 0 radical (unpaired) electrons. The Labute approximate surface area is 158 Å². The van der Waals surface area contributed by atoms with Gasteiger partial charge in [-0.1, -0.05) is 42.5 Å². The molecule has 4 rings (SSSR count). The first-order valence-electron chi connectivity index (χ1n) is 9.20. The average Bonchev–Trinajstić information content (AvgIpc) is 2.68. The van der Waals surface area contributed by atoms with Gasteiger partial charge in [-0.25, -0.2) is 0 Å². The molecule has 2 heterocycles. The van der Waals surface area contributed by atoms with Crippen molar-refractivity contribution in [2.75, 3.05) is 6.61 Å². The fourth-order valence-corrected chi connectivity index (χ4v) is 3.83. The zero-order valence-corrected chi connectivity index (χ0v) is 15.2. The molecular weight excluding hydrogens is 340 g/mol. The summed E-state index contributed by atoms with van der Waals surface area (Å²) in [4.78, 5) is 26.6. The standard InChI is InChI=1S/C22H22N2O3/c1-15(25)24-12-10-16-6-2-3-7-17(16)20(24)14-22(26)23-19-11-13-27-21-9-5-4-8-18(19)21/h2-10,12,19-20H,11,13-14H2,1H3,(H,23,26)/t19-,20-/m0/s1. The number of rotatable bonds is 3. The lowest BCUT2D eigenvalue weighted by atomic mass is 9.93. The highest BCUT2D eigenvalue weighted by atomic mass is 16.5. The van der Waals surface area contributed by atoms with Gasteiger partial charge < -0.3 is 15.0 Å². The van der Waals surface area contributed by atoms with Crippen LogP contribution >= 0.6 is 0 Å². The maximum absolute atomic E-state index is 12.9. The lowest BCUT2D eigenvalue weighted by Gasteiger charge is -2.33. The second kappa shape index (κ2) is 7.27. The minimum absolute atomic E-state index is 0.0670. The fraction of sp³-hybridized carbons (Fsp3) is 0.273. The van der Waals surface area contributed by atoms with Crippen LogP contribution in [0.1, 0.15) is 48.5 Å². The third-order valence-corrected chi connectivity index (χ3v) is 5.14. The molecule has 2 aliphatic heterocycles. The quantitative estimate of drug-likeness (QED) is 0.908. The van der Waals surface area contributed by atoms with Crippen LogP contribution in [-0.2, 0) is 9.59 Å². The minimum Gasteiger partial charge on any atom is -0.493 e. The SMILES string of the molecule is CC(=O)N1C=Cc2ccccc2[C@@H]1CC(=O)N[C@H]1CCOc2ccccc21. The first kappa shape index (κ1) is 17.3. The summed E-state index contributed by atoms with van der Waals surface area (Å²) in [5.74, 6) is 0.679. The zero-order chi connectivity index (χ0) is 18.8. The van der Waals surface area contributed by atoms with E-state index >= 15 is 0 Å². The van der Waals surface area contributed by atoms with E-state index in [1.807, 2.05) is 54.6 Å². The zero-order valence-electron chi connectivity index (χ0n) is 15.2. The molecule has 0 saturated carbocycles. The molecule has 5 heteroatoms. The Morgan fingerprint density at radius 2 is 1.85 bits per heavy atom. The van der Waals surface area contributed by atoms with E-state index in [4.69, 9.17) is 4.74 Å². The number of nitrogens with zero attached hydrogens (tertiary/aromatic N) is 1. The predicted molar refractivity (Wildman–Crippen MR) is 103 cm³/mol. The topological polar surface area (TPSA) is 58.6 Å². The third kappa shape index (κ3) is 3.45. The number of ether oxygens (including phenoxy) is 1. The molecule has 0 aromatic heterocycles. The van der Waals surface area contributed by atoms with Crippen LogP contribution in [0.4, 0.5) is 0 Å². The first-order chi connectivity index (χ1) is 13.1. The van der Waals surface area contributed by atoms with Crippen molar-refractivity contribution >= 4 is 17.9 Å². The van der Waals surface area contributed by atoms with Gasteiger partial charge in [-0.3, -0.25) is 9.59 Å². The molecule has 2 aromatic carbocycles. The lowest BCUT2D eigenvalue weighted by Crippen LogP contribution is -2.37. The highest BCUT2D eigenvalue weighted by Gasteiger charge is 2.30. The van der Waals surface area contributed by atoms with Crippen molar-refractivity contribution in [2.45, 2.75) is 31.8 Å². The van der Waals surface area contributed by atoms with Crippen molar-refractivity contribution in [2.24, 2.45) is 0 Å². The van der Waals surface area contributed by atoms with Gasteiger partial charge in [0.1, 0.15) is 5.75 Å². The fourth-order valence-electron chi connectivity index (χ4n) is 3.83. The molecule has 2 aliphatic rings. The number of para-hydroxylation sites is 1. The summed E-state index contributed by atoms with van der Waals surface area (Å²) in [5, 5.41) is 3.13. The normalized spacial score (nSPS) is 20.3. The van der Waals surface area contributed by atoms with E-state index in [1.54, 1.807) is 11.1 Å². The third-order valence-electron chi connectivity index (χ3n) is 5.14. The van der Waals surface area contributed by atoms with E-state index in [0.717, 1.165) is 28.9 Å². The average molecular weight is 362 g/mol. The van der Waals surface area contributed by atoms with E-state index < -0.39 is 0 Å². The van der Waals surface area contributed by atoms with E-state index in [9.17, 15) is 9.59 Å². The second-order valence-corrected chi connectivity index (χ2v) is 6.89. The van der Waals surface area contributed by atoms with Gasteiger partial charge in [0.2, 0.25) is 11.8 Å². The number of hydrogen-bond donors (Lipinski definition) is 1. The molecule has 2 aromatic rings. The largest absolute Gasteiger partial charge is 0.493 e. The van der Waals surface area contributed by atoms with Gasteiger partial charge in [-0.05, 0) is 23.3 Å². The van der Waals surface area contributed by atoms with Gasteiger partial charge in [0, 0.05) is 25.1 Å². The van der Waals surface area contributed by atoms with Crippen LogP contribution in [0, 0.1) is 0 Å². The summed E-state index contributed by atoms with van der Waals surface area (Å²) < 4.78 is 5.67. The van der Waals surface area contributed by atoms with Gasteiger partial charge in [0.05, 0.1) is 25.1 Å². The summed E-state index contributed by atoms with van der Waals surface area (Å²) in [6, 6.07) is 15.3. The number of nitrogens with one attached hydrogen (secondary N) is 1. The van der Waals surface area contributed by atoms with Crippen LogP contribution in [0.5, 0.6) is 5.75 Å². The molecule has 138 valence electrons. The number of hydrogen-bond acceptors (Lipinski definition) is 3. The molecule has 0 bridgehead atoms. The Balaban J connectivity index is 1.54. The van der Waals surface area contributed by atoms with Crippen molar-refractivity contribution in [1.82, 2.24) is 10.2 Å². The van der Waals surface area contributed by atoms with Crippen molar-refractivity contribution in [1.29, 1.82) is 0 Å². The summed E-state index contributed by atoms with van der Waals surface area (Å²) in [5.41, 5.74) is 3.05. The van der Waals surface area contributed by atoms with E-state index in [1.165, 1.54) is 6.92 Å². The molecule has 27 heavy (non-hydrogen) atoms. The van der Waals surface area contributed by atoms with Crippen LogP contribution in [-0.4, -0.2) is 23.3 Å². The van der Waals surface area contributed by atoms with E-state index in [-0.39, 0.29) is 30.3 Å². The van der Waals surface area contributed by atoms with Crippen LogP contribution in [0.3, 0.4) is 0 Å². The maximum atomic E-state index is 12.9. The Morgan fingerprint density at radius 3 is 2.67 bits per heavy atom. The van der Waals surface area contributed by atoms with Crippen LogP contribution in [0.25, 0.3) is 6.08 Å². The first-order valence-corrected chi connectivity index (χ1v) is 9.20. The molecule has 2 amide bonds. The molecule has 0 saturated heterocycles. The minimum atomic E-state index is -0.293. The molecular formula is C22H22N2O3. The van der Waals surface area contributed by atoms with Gasteiger partial charge in [-0.2, -0.15) is 0 Å². The number of amides is 2. The smallest absolute Gasteiger partial charge is 0.223 e. The number of benzene rings is 2. The summed E-state index contributed by atoms with van der Waals surface area (Å²) in [7, 11) is 0. The van der Waals surface area contributed by atoms with Crippen LogP contribution in [0.2, 0.25) is 0 Å². The van der Waals surface area contributed by atoms with Gasteiger partial charge in [0.15, 0.2) is 0 Å². The Bertz CT molecular complexity index is 906. The van der Waals surface area contributed by atoms with E-state index in [0.29, 0.717) is 6.61 Å². The molecule has 0 fully saturated rings. The molecule has 1 N–H and O–H groups in total. The van der Waals surface area contributed by atoms with Crippen molar-refractivity contribution < 1.29 is 14.3 Å². The number of fused-ring (bicyclic) bond motifs is 2. The van der Waals surface area contributed by atoms with Crippen LogP contribution < -0.4 is 10.1 Å². The molecule has 2 atom stereocenters. The van der Waals surface area contributed by atoms with Crippen molar-refractivity contribution in [3.8, 4) is 5.75 Å². The van der Waals surface area contributed by atoms with Gasteiger partial charge >= 0.3 is 0 Å². The van der Waals surface area contributed by atoms with Gasteiger partial charge in [0.25, 0.3) is 0 Å². The highest BCUT2D eigenvalue weighted by molar-refractivity contribution is 5.82. The monoisotopic (exact) mass is 362 g/mol. The molecule has 0 aliphatic carbocycles. The van der Waals surface area contributed by atoms with E-state index in [2.05, 4.69) is 5.32 Å². The molecule has 5 nitrogen and oxygen atoms in total. The maximum Gasteiger partial charge on any atom is 0.223 e. The van der Waals surface area contributed by atoms with Crippen molar-refractivity contribution in [3.05, 3.63) is 71.4 Å². The predicted octanol–water partition coefficient (Wildman–Crippen LogP) is 3.59. The van der Waals surface area contributed by atoms with Gasteiger partial charge in [-0.15, -0.1) is 0 Å². The van der Waals surface area contributed by atoms with Crippen molar-refractivity contribution in [3.63, 3.8) is 0 Å². The molecule has 0 spiro atoms. The summed E-state index contributed by atoms with van der Waals surface area (Å²) >= 11 is 0. The Morgan fingerprint density at radius 1 is 1.11 bits per heavy atom. The summed E-state index contributed by atoms with van der Waals surface area (Å²) in [6.07, 6.45) is 4.65. The number of carbonyl (C=O) groups is 2. The highest BCUT2D eigenvalue weighted by Crippen LogP contribution is 2.34. The Hall–Kier alpha value is -3.08.